The number of ether oxygens (including phenoxy) is 1. The normalized spacial score (nSPS) is 14.9. The van der Waals surface area contributed by atoms with Crippen LogP contribution in [0.2, 0.25) is 0 Å². The van der Waals surface area contributed by atoms with Crippen LogP contribution in [0.5, 0.6) is 0 Å². The van der Waals surface area contributed by atoms with Crippen molar-refractivity contribution >= 4 is 5.97 Å². The van der Waals surface area contributed by atoms with Crippen LogP contribution in [0.3, 0.4) is 0 Å². The number of carbonyl (C=O) groups excluding carboxylic acids is 1. The molecule has 5 heteroatoms. The third-order valence-corrected chi connectivity index (χ3v) is 5.05. The summed E-state index contributed by atoms with van der Waals surface area (Å²) in [5.74, 6) is 0.305. The molecule has 2 atom stereocenters. The number of carbonyl (C=O) groups is 1. The van der Waals surface area contributed by atoms with E-state index in [-0.39, 0.29) is 25.1 Å². The van der Waals surface area contributed by atoms with Gasteiger partial charge in [0.1, 0.15) is 0 Å². The van der Waals surface area contributed by atoms with Gasteiger partial charge in [0, 0.05) is 6.92 Å². The molecule has 0 saturated heterocycles. The molecule has 0 fully saturated rings. The van der Waals surface area contributed by atoms with E-state index < -0.39 is 6.10 Å². The molecule has 0 amide bonds. The van der Waals surface area contributed by atoms with Gasteiger partial charge in [-0.1, -0.05) is 38.2 Å². The molecule has 0 aromatic rings. The Morgan fingerprint density at radius 1 is 1.14 bits per heavy atom. The second-order valence-corrected chi connectivity index (χ2v) is 7.82. The lowest BCUT2D eigenvalue weighted by Crippen LogP contribution is -2.13. The van der Waals surface area contributed by atoms with Crippen LogP contribution in [0, 0.1) is 11.8 Å². The first-order chi connectivity index (χ1) is 13.2. The quantitative estimate of drug-likeness (QED) is 0.288. The van der Waals surface area contributed by atoms with E-state index in [4.69, 9.17) is 9.84 Å². The van der Waals surface area contributed by atoms with Crippen molar-refractivity contribution < 1.29 is 24.9 Å². The molecule has 0 unspecified atom stereocenters. The number of hydrogen-bond donors (Lipinski definition) is 3. The van der Waals surface area contributed by atoms with Gasteiger partial charge in [0.05, 0.1) is 25.9 Å². The molecule has 0 saturated carbocycles. The maximum Gasteiger partial charge on any atom is 0.302 e. The van der Waals surface area contributed by atoms with Gasteiger partial charge >= 0.3 is 5.97 Å². The average Bonchev–Trinajstić information content (AvgIpc) is 2.64. The van der Waals surface area contributed by atoms with Crippen LogP contribution in [0.1, 0.15) is 66.2 Å². The molecule has 0 aromatic carbocycles. The van der Waals surface area contributed by atoms with Crippen LogP contribution in [0.4, 0.5) is 0 Å². The van der Waals surface area contributed by atoms with E-state index in [9.17, 15) is 15.0 Å². The van der Waals surface area contributed by atoms with Crippen molar-refractivity contribution in [2.45, 2.75) is 72.3 Å². The van der Waals surface area contributed by atoms with E-state index in [1.165, 1.54) is 6.92 Å². The summed E-state index contributed by atoms with van der Waals surface area (Å²) in [4.78, 5) is 11.1. The lowest BCUT2D eigenvalue weighted by Gasteiger charge is -2.18. The maximum atomic E-state index is 11.1. The fourth-order valence-corrected chi connectivity index (χ4v) is 2.87. The Morgan fingerprint density at radius 3 is 2.36 bits per heavy atom. The summed E-state index contributed by atoms with van der Waals surface area (Å²) in [7, 11) is 0. The molecular weight excluding hydrogens is 356 g/mol. The molecule has 0 aliphatic heterocycles. The average molecular weight is 397 g/mol. The van der Waals surface area contributed by atoms with E-state index >= 15 is 0 Å². The van der Waals surface area contributed by atoms with E-state index in [2.05, 4.69) is 26.5 Å². The van der Waals surface area contributed by atoms with Gasteiger partial charge in [-0.2, -0.15) is 0 Å². The van der Waals surface area contributed by atoms with Crippen molar-refractivity contribution in [3.05, 3.63) is 35.5 Å². The van der Waals surface area contributed by atoms with Crippen LogP contribution in [-0.4, -0.2) is 47.2 Å². The highest BCUT2D eigenvalue weighted by Gasteiger charge is 2.13. The summed E-state index contributed by atoms with van der Waals surface area (Å²) in [6.07, 6.45) is 7.90. The molecule has 5 nitrogen and oxygen atoms in total. The molecule has 0 aromatic heterocycles. The lowest BCUT2D eigenvalue weighted by atomic mass is 9.93. The minimum Gasteiger partial charge on any atom is -0.466 e. The monoisotopic (exact) mass is 396 g/mol. The third kappa shape index (κ3) is 12.9. The summed E-state index contributed by atoms with van der Waals surface area (Å²) in [5.41, 5.74) is 2.82. The van der Waals surface area contributed by atoms with Crippen molar-refractivity contribution in [3.8, 4) is 0 Å². The largest absolute Gasteiger partial charge is 0.466 e. The third-order valence-electron chi connectivity index (χ3n) is 5.05. The predicted molar refractivity (Wildman–Crippen MR) is 114 cm³/mol. The number of aliphatic hydroxyl groups excluding tert-OH is 3. The van der Waals surface area contributed by atoms with E-state index in [1.54, 1.807) is 6.08 Å². The topological polar surface area (TPSA) is 87.0 Å². The summed E-state index contributed by atoms with van der Waals surface area (Å²) in [6.45, 7) is 11.8. The first-order valence-electron chi connectivity index (χ1n) is 10.3. The van der Waals surface area contributed by atoms with Gasteiger partial charge < -0.3 is 20.1 Å². The fourth-order valence-electron chi connectivity index (χ4n) is 2.87. The van der Waals surface area contributed by atoms with E-state index in [1.807, 2.05) is 6.92 Å². The molecular formula is C23H40O5. The molecule has 28 heavy (non-hydrogen) atoms. The fraction of sp³-hybridized carbons (Fsp3) is 0.696. The maximum absolute atomic E-state index is 11.1. The highest BCUT2D eigenvalue weighted by molar-refractivity contribution is 5.65. The minimum atomic E-state index is -0.502. The number of rotatable bonds is 15. The van der Waals surface area contributed by atoms with Crippen LogP contribution in [0.15, 0.2) is 35.5 Å². The molecule has 0 bridgehead atoms. The van der Waals surface area contributed by atoms with Crippen LogP contribution in [-0.2, 0) is 9.53 Å². The molecule has 0 spiro atoms. The molecule has 0 rings (SSSR count). The Morgan fingerprint density at radius 2 is 1.82 bits per heavy atom. The second-order valence-electron chi connectivity index (χ2n) is 7.82. The summed E-state index contributed by atoms with van der Waals surface area (Å²) < 4.78 is 5.19. The van der Waals surface area contributed by atoms with Gasteiger partial charge in [-0.25, -0.2) is 0 Å². The first kappa shape index (κ1) is 26.6. The van der Waals surface area contributed by atoms with E-state index in [0.29, 0.717) is 18.9 Å². The highest BCUT2D eigenvalue weighted by atomic mass is 16.5. The van der Waals surface area contributed by atoms with Crippen molar-refractivity contribution in [1.29, 1.82) is 0 Å². The SMILES string of the molecule is C=C(C[C@@H](O)/C(C)=C/CC[C@H](CCC/C(=C\CO)CO)COC(C)=O)C(C)C. The molecule has 162 valence electrons. The van der Waals surface area contributed by atoms with Crippen molar-refractivity contribution in [3.63, 3.8) is 0 Å². The molecule has 0 aliphatic carbocycles. The van der Waals surface area contributed by atoms with E-state index in [0.717, 1.165) is 48.8 Å². The van der Waals surface area contributed by atoms with Gasteiger partial charge in [0.15, 0.2) is 0 Å². The zero-order valence-corrected chi connectivity index (χ0v) is 18.1. The Bertz CT molecular complexity index is 519. The molecule has 0 aliphatic rings. The summed E-state index contributed by atoms with van der Waals surface area (Å²) in [5, 5.41) is 28.5. The Hall–Kier alpha value is -1.43. The smallest absolute Gasteiger partial charge is 0.302 e. The Labute approximate surface area is 170 Å². The summed E-state index contributed by atoms with van der Waals surface area (Å²) >= 11 is 0. The lowest BCUT2D eigenvalue weighted by molar-refractivity contribution is -0.142. The molecule has 0 radical (unpaired) electrons. The molecule has 0 heterocycles. The van der Waals surface area contributed by atoms with Crippen molar-refractivity contribution in [2.24, 2.45) is 11.8 Å². The Balaban J connectivity index is 4.59. The Kier molecular flexibility index (Phi) is 14.7. The van der Waals surface area contributed by atoms with Crippen molar-refractivity contribution in [2.75, 3.05) is 19.8 Å². The van der Waals surface area contributed by atoms with Crippen molar-refractivity contribution in [1.82, 2.24) is 0 Å². The zero-order chi connectivity index (χ0) is 21.5. The van der Waals surface area contributed by atoms with Gasteiger partial charge in [-0.05, 0) is 68.4 Å². The van der Waals surface area contributed by atoms with Gasteiger partial charge in [0.2, 0.25) is 0 Å². The predicted octanol–water partition coefficient (Wildman–Crippen LogP) is 3.94. The highest BCUT2D eigenvalue weighted by Crippen LogP contribution is 2.21. The number of aliphatic hydroxyl groups is 3. The van der Waals surface area contributed by atoms with Crippen LogP contribution < -0.4 is 0 Å². The second kappa shape index (κ2) is 15.5. The number of esters is 1. The zero-order valence-electron chi connectivity index (χ0n) is 18.1. The van der Waals surface area contributed by atoms with Gasteiger partial charge in [-0.3, -0.25) is 4.79 Å². The number of allylic oxidation sites excluding steroid dienone is 1. The van der Waals surface area contributed by atoms with Crippen LogP contribution >= 0.6 is 0 Å². The van der Waals surface area contributed by atoms with Crippen LogP contribution in [0.25, 0.3) is 0 Å². The number of hydrogen-bond acceptors (Lipinski definition) is 5. The summed E-state index contributed by atoms with van der Waals surface area (Å²) in [6, 6.07) is 0. The van der Waals surface area contributed by atoms with Gasteiger partial charge in [-0.15, -0.1) is 0 Å². The van der Waals surface area contributed by atoms with Gasteiger partial charge in [0.25, 0.3) is 0 Å². The molecule has 3 N–H and O–H groups in total. The minimum absolute atomic E-state index is 0.0450. The standard InChI is InChI=1S/C23H40O5/c1-17(2)19(4)14-23(27)18(3)8-6-10-22(16-28-20(5)26)11-7-9-21(15-25)12-13-24/h8,12,17,22-25,27H,4,6-7,9-11,13-16H2,1-3,5H3/b18-8+,21-12+/t22-,23-/m1/s1. The first-order valence-corrected chi connectivity index (χ1v) is 10.3.